The monoisotopic (exact) mass is 194 g/mol. The predicted molar refractivity (Wildman–Crippen MR) is 45.0 cm³/mol. The molecule has 0 radical (unpaired) electrons. The third-order valence-electron chi connectivity index (χ3n) is 1.34. The van der Waals surface area contributed by atoms with Crippen LogP contribution in [0.3, 0.4) is 0 Å². The van der Waals surface area contributed by atoms with Gasteiger partial charge >= 0.3 is 8.69 Å². The van der Waals surface area contributed by atoms with Gasteiger partial charge in [-0.1, -0.05) is 6.92 Å². The summed E-state index contributed by atoms with van der Waals surface area (Å²) in [6.07, 6.45) is 0.504. The lowest BCUT2D eigenvalue weighted by Crippen LogP contribution is -2.36. The van der Waals surface area contributed by atoms with E-state index in [2.05, 4.69) is 0 Å². The topological polar surface area (TPSA) is 44.8 Å². The van der Waals surface area contributed by atoms with Gasteiger partial charge in [-0.3, -0.25) is 0 Å². The van der Waals surface area contributed by atoms with Crippen molar-refractivity contribution in [2.75, 3.05) is 13.2 Å². The van der Waals surface area contributed by atoms with E-state index >= 15 is 0 Å². The molecule has 72 valence electrons. The van der Waals surface area contributed by atoms with Crippen molar-refractivity contribution in [3.05, 3.63) is 0 Å². The van der Waals surface area contributed by atoms with Crippen LogP contribution in [0.25, 0.3) is 0 Å². The van der Waals surface area contributed by atoms with Gasteiger partial charge in [0.2, 0.25) is 0 Å². The molecule has 0 saturated heterocycles. The molecule has 0 heterocycles. The highest BCUT2D eigenvalue weighted by atomic mass is 31.1. The summed E-state index contributed by atoms with van der Waals surface area (Å²) in [5.74, 6) is -1.13. The molecule has 0 bridgehead atoms. The van der Waals surface area contributed by atoms with Gasteiger partial charge in [-0.15, -0.1) is 0 Å². The standard InChI is InChI=1S/C7H15O4P/c1-4-7(9-5-2,10-6-3)11-12-8/h4-6H2,1-3H3. The largest absolute Gasteiger partial charge is 0.332 e. The molecule has 0 amide bonds. The van der Waals surface area contributed by atoms with Crippen LogP contribution in [0.4, 0.5) is 0 Å². The maximum atomic E-state index is 10.2. The number of ether oxygens (including phenoxy) is 2. The fourth-order valence-electron chi connectivity index (χ4n) is 0.860. The third kappa shape index (κ3) is 3.59. The highest BCUT2D eigenvalue weighted by molar-refractivity contribution is 7.17. The Balaban J connectivity index is 4.15. The van der Waals surface area contributed by atoms with Crippen molar-refractivity contribution in [1.29, 1.82) is 0 Å². The summed E-state index contributed by atoms with van der Waals surface area (Å²) in [6.45, 7) is 6.42. The molecule has 0 fully saturated rings. The summed E-state index contributed by atoms with van der Waals surface area (Å²) < 4.78 is 25.5. The summed E-state index contributed by atoms with van der Waals surface area (Å²) in [5, 5.41) is 0. The molecule has 0 aromatic carbocycles. The van der Waals surface area contributed by atoms with Crippen LogP contribution in [0, 0.1) is 0 Å². The smallest absolute Gasteiger partial charge is 0.327 e. The predicted octanol–water partition coefficient (Wildman–Crippen LogP) is 2.35. The molecule has 0 N–H and O–H groups in total. The van der Waals surface area contributed by atoms with E-state index in [1.165, 1.54) is 0 Å². The maximum Gasteiger partial charge on any atom is 0.332 e. The molecule has 0 atom stereocenters. The lowest BCUT2D eigenvalue weighted by molar-refractivity contribution is -0.338. The van der Waals surface area contributed by atoms with Crippen LogP contribution >= 0.6 is 8.69 Å². The summed E-state index contributed by atoms with van der Waals surface area (Å²) in [6, 6.07) is 0. The molecule has 5 heteroatoms. The highest BCUT2D eigenvalue weighted by Crippen LogP contribution is 2.24. The van der Waals surface area contributed by atoms with E-state index in [9.17, 15) is 4.57 Å². The van der Waals surface area contributed by atoms with E-state index < -0.39 is 14.7 Å². The lowest BCUT2D eigenvalue weighted by atomic mass is 10.4. The van der Waals surface area contributed by atoms with Crippen LogP contribution in [0.5, 0.6) is 0 Å². The first-order valence-electron chi connectivity index (χ1n) is 4.03. The first kappa shape index (κ1) is 12.0. The Morgan fingerprint density at radius 2 is 1.67 bits per heavy atom. The van der Waals surface area contributed by atoms with Crippen molar-refractivity contribution in [2.45, 2.75) is 33.2 Å². The van der Waals surface area contributed by atoms with Crippen molar-refractivity contribution in [2.24, 2.45) is 0 Å². The second-order valence-corrected chi connectivity index (χ2v) is 2.40. The lowest BCUT2D eigenvalue weighted by Gasteiger charge is -2.27. The van der Waals surface area contributed by atoms with Crippen molar-refractivity contribution in [3.8, 4) is 0 Å². The Bertz CT molecular complexity index is 123. The fraction of sp³-hybridized carbons (Fsp3) is 1.00. The SMILES string of the molecule is CCOC(CC)(OCC)OP=O. The van der Waals surface area contributed by atoms with Crippen LogP contribution in [0.2, 0.25) is 0 Å². The third-order valence-corrected chi connectivity index (χ3v) is 1.69. The zero-order chi connectivity index (χ0) is 9.45. The van der Waals surface area contributed by atoms with Gasteiger partial charge in [-0.2, -0.15) is 0 Å². The van der Waals surface area contributed by atoms with E-state index in [-0.39, 0.29) is 0 Å². The first-order chi connectivity index (χ1) is 5.74. The van der Waals surface area contributed by atoms with E-state index in [1.807, 2.05) is 20.8 Å². The normalized spacial score (nSPS) is 12.2. The molecule has 0 rings (SSSR count). The molecule has 0 unspecified atom stereocenters. The Morgan fingerprint density at radius 1 is 1.17 bits per heavy atom. The molecule has 0 aromatic rings. The second-order valence-electron chi connectivity index (χ2n) is 2.07. The fourth-order valence-corrected chi connectivity index (χ4v) is 1.21. The van der Waals surface area contributed by atoms with Gasteiger partial charge in [0.15, 0.2) is 0 Å². The van der Waals surface area contributed by atoms with E-state index in [0.29, 0.717) is 19.6 Å². The van der Waals surface area contributed by atoms with Gasteiger partial charge in [0.1, 0.15) is 0 Å². The molecular formula is C7H15O4P. The molecule has 0 aliphatic rings. The summed E-state index contributed by atoms with van der Waals surface area (Å²) in [7, 11) is -0.426. The van der Waals surface area contributed by atoms with Crippen molar-refractivity contribution >= 4 is 8.69 Å². The number of hydrogen-bond donors (Lipinski definition) is 0. The van der Waals surface area contributed by atoms with Crippen LogP contribution in [0.15, 0.2) is 0 Å². The molecule has 0 aromatic heterocycles. The average Bonchev–Trinajstić information content (AvgIpc) is 2.06. The minimum Gasteiger partial charge on any atom is -0.327 e. The zero-order valence-electron chi connectivity index (χ0n) is 7.70. The Hall–Kier alpha value is -0.0200. The van der Waals surface area contributed by atoms with E-state index in [0.717, 1.165) is 0 Å². The maximum absolute atomic E-state index is 10.2. The van der Waals surface area contributed by atoms with E-state index in [4.69, 9.17) is 14.0 Å². The van der Waals surface area contributed by atoms with Crippen molar-refractivity contribution in [1.82, 2.24) is 0 Å². The van der Waals surface area contributed by atoms with Gasteiger partial charge in [-0.05, 0) is 13.8 Å². The number of hydrogen-bond acceptors (Lipinski definition) is 4. The minimum absolute atomic E-state index is 0.426. The molecule has 0 saturated carbocycles. The van der Waals surface area contributed by atoms with Gasteiger partial charge < -0.3 is 9.47 Å². The van der Waals surface area contributed by atoms with Crippen LogP contribution in [-0.4, -0.2) is 19.2 Å². The summed E-state index contributed by atoms with van der Waals surface area (Å²) >= 11 is 0. The highest BCUT2D eigenvalue weighted by Gasteiger charge is 2.31. The van der Waals surface area contributed by atoms with Crippen LogP contribution < -0.4 is 0 Å². The molecule has 12 heavy (non-hydrogen) atoms. The van der Waals surface area contributed by atoms with Crippen LogP contribution in [0.1, 0.15) is 27.2 Å². The van der Waals surface area contributed by atoms with Gasteiger partial charge in [0, 0.05) is 19.6 Å². The molecule has 0 spiro atoms. The molecule has 0 aliphatic heterocycles. The summed E-state index contributed by atoms with van der Waals surface area (Å²) in [4.78, 5) is 0. The quantitative estimate of drug-likeness (QED) is 0.461. The second kappa shape index (κ2) is 6.49. The van der Waals surface area contributed by atoms with Gasteiger partial charge in [-0.25, -0.2) is 9.09 Å². The van der Waals surface area contributed by atoms with Crippen molar-refractivity contribution < 1.29 is 18.6 Å². The van der Waals surface area contributed by atoms with Gasteiger partial charge in [0.25, 0.3) is 5.97 Å². The average molecular weight is 194 g/mol. The molecule has 4 nitrogen and oxygen atoms in total. The van der Waals surface area contributed by atoms with E-state index in [1.54, 1.807) is 0 Å². The number of rotatable bonds is 7. The first-order valence-corrected chi connectivity index (χ1v) is 4.76. The minimum atomic E-state index is -1.13. The van der Waals surface area contributed by atoms with Crippen molar-refractivity contribution in [3.63, 3.8) is 0 Å². The zero-order valence-corrected chi connectivity index (χ0v) is 8.60. The Kier molecular flexibility index (Phi) is 6.48. The summed E-state index contributed by atoms with van der Waals surface area (Å²) in [5.41, 5.74) is 0. The van der Waals surface area contributed by atoms with Crippen LogP contribution in [-0.2, 0) is 18.6 Å². The molecule has 0 aliphatic carbocycles. The Labute approximate surface area is 74.5 Å². The Morgan fingerprint density at radius 3 is 1.92 bits per heavy atom. The molecular weight excluding hydrogens is 179 g/mol. The van der Waals surface area contributed by atoms with Gasteiger partial charge in [0.05, 0.1) is 0 Å².